The number of imidazole rings is 1. The first kappa shape index (κ1) is 13.0. The van der Waals surface area contributed by atoms with Crippen molar-refractivity contribution in [3.8, 4) is 5.69 Å². The van der Waals surface area contributed by atoms with E-state index in [4.69, 9.17) is 5.11 Å². The number of aryl methyl sites for hydroxylation is 1. The van der Waals surface area contributed by atoms with Gasteiger partial charge in [0.2, 0.25) is 0 Å². The van der Waals surface area contributed by atoms with Gasteiger partial charge < -0.3 is 9.67 Å². The summed E-state index contributed by atoms with van der Waals surface area (Å²) in [5.41, 5.74) is 1.20. The summed E-state index contributed by atoms with van der Waals surface area (Å²) in [4.78, 5) is 14.8. The SMILES string of the molecule is CCc1nccn1-c1ccc(F)cc1/C=C/C(=O)O. The lowest BCUT2D eigenvalue weighted by Crippen LogP contribution is -2.01. The Morgan fingerprint density at radius 1 is 1.53 bits per heavy atom. The Hall–Kier alpha value is -2.43. The van der Waals surface area contributed by atoms with Crippen LogP contribution in [0.5, 0.6) is 0 Å². The van der Waals surface area contributed by atoms with Gasteiger partial charge in [-0.05, 0) is 24.3 Å². The number of aromatic nitrogens is 2. The second kappa shape index (κ2) is 5.48. The molecule has 0 unspecified atom stereocenters. The topological polar surface area (TPSA) is 55.1 Å². The number of aliphatic carboxylic acids is 1. The molecule has 0 aliphatic carbocycles. The molecule has 0 atom stereocenters. The fourth-order valence-electron chi connectivity index (χ4n) is 1.85. The van der Waals surface area contributed by atoms with Gasteiger partial charge in [0, 0.05) is 30.5 Å². The molecule has 0 saturated carbocycles. The summed E-state index contributed by atoms with van der Waals surface area (Å²) in [6.45, 7) is 1.97. The minimum atomic E-state index is -1.07. The van der Waals surface area contributed by atoms with E-state index in [9.17, 15) is 9.18 Å². The molecule has 0 spiro atoms. The second-order valence-electron chi connectivity index (χ2n) is 3.94. The first-order chi connectivity index (χ1) is 9.11. The van der Waals surface area contributed by atoms with Crippen LogP contribution in [0.4, 0.5) is 4.39 Å². The number of halogens is 1. The van der Waals surface area contributed by atoms with Crippen LogP contribution in [0.15, 0.2) is 36.7 Å². The highest BCUT2D eigenvalue weighted by atomic mass is 19.1. The lowest BCUT2D eigenvalue weighted by atomic mass is 10.1. The summed E-state index contributed by atoms with van der Waals surface area (Å²) in [6, 6.07) is 4.25. The molecule has 19 heavy (non-hydrogen) atoms. The van der Waals surface area contributed by atoms with Gasteiger partial charge in [0.15, 0.2) is 0 Å². The molecule has 0 fully saturated rings. The van der Waals surface area contributed by atoms with Gasteiger partial charge >= 0.3 is 5.97 Å². The molecule has 2 aromatic rings. The fraction of sp³-hybridized carbons (Fsp3) is 0.143. The predicted molar refractivity (Wildman–Crippen MR) is 69.6 cm³/mol. The number of hydrogen-bond donors (Lipinski definition) is 1. The summed E-state index contributed by atoms with van der Waals surface area (Å²) in [7, 11) is 0. The normalized spacial score (nSPS) is 11.1. The van der Waals surface area contributed by atoms with Crippen LogP contribution in [-0.4, -0.2) is 20.6 Å². The van der Waals surface area contributed by atoms with Crippen molar-refractivity contribution in [3.05, 3.63) is 53.9 Å². The number of rotatable bonds is 4. The monoisotopic (exact) mass is 260 g/mol. The number of hydrogen-bond acceptors (Lipinski definition) is 2. The van der Waals surface area contributed by atoms with Gasteiger partial charge in [0.25, 0.3) is 0 Å². The van der Waals surface area contributed by atoms with E-state index in [0.717, 1.165) is 18.3 Å². The van der Waals surface area contributed by atoms with Gasteiger partial charge in [0.1, 0.15) is 11.6 Å². The Labute approximate surface area is 109 Å². The van der Waals surface area contributed by atoms with E-state index in [1.54, 1.807) is 18.5 Å². The van der Waals surface area contributed by atoms with Gasteiger partial charge in [-0.2, -0.15) is 0 Å². The van der Waals surface area contributed by atoms with Crippen LogP contribution in [-0.2, 0) is 11.2 Å². The van der Waals surface area contributed by atoms with Gasteiger partial charge in [0.05, 0.1) is 5.69 Å². The molecular formula is C14H13FN2O2. The zero-order valence-electron chi connectivity index (χ0n) is 10.4. The maximum Gasteiger partial charge on any atom is 0.328 e. The summed E-state index contributed by atoms with van der Waals surface area (Å²) in [5, 5.41) is 8.67. The Bertz CT molecular complexity index is 632. The zero-order chi connectivity index (χ0) is 13.8. The summed E-state index contributed by atoms with van der Waals surface area (Å²) in [5.74, 6) is -0.653. The predicted octanol–water partition coefficient (Wildman–Crippen LogP) is 2.67. The Kier molecular flexibility index (Phi) is 3.75. The van der Waals surface area contributed by atoms with E-state index in [1.165, 1.54) is 18.2 Å². The van der Waals surface area contributed by atoms with Crippen molar-refractivity contribution in [2.75, 3.05) is 0 Å². The molecule has 0 aliphatic rings. The molecule has 0 amide bonds. The molecule has 1 heterocycles. The van der Waals surface area contributed by atoms with Crippen LogP contribution < -0.4 is 0 Å². The van der Waals surface area contributed by atoms with Crippen molar-refractivity contribution in [3.63, 3.8) is 0 Å². The molecule has 0 radical (unpaired) electrons. The first-order valence-corrected chi connectivity index (χ1v) is 5.85. The molecule has 4 nitrogen and oxygen atoms in total. The van der Waals surface area contributed by atoms with E-state index in [0.29, 0.717) is 11.3 Å². The van der Waals surface area contributed by atoms with Crippen LogP contribution in [0.25, 0.3) is 11.8 Å². The molecule has 1 N–H and O–H groups in total. The third kappa shape index (κ3) is 2.88. The average Bonchev–Trinajstić information content (AvgIpc) is 2.84. The largest absolute Gasteiger partial charge is 0.478 e. The van der Waals surface area contributed by atoms with Gasteiger partial charge in [-0.15, -0.1) is 0 Å². The third-order valence-corrected chi connectivity index (χ3v) is 2.69. The highest BCUT2D eigenvalue weighted by Crippen LogP contribution is 2.19. The zero-order valence-corrected chi connectivity index (χ0v) is 10.4. The number of carbonyl (C=O) groups is 1. The number of benzene rings is 1. The van der Waals surface area contributed by atoms with E-state index in [1.807, 2.05) is 11.5 Å². The minimum absolute atomic E-state index is 0.410. The average molecular weight is 260 g/mol. The number of nitrogens with zero attached hydrogens (tertiary/aromatic N) is 2. The number of carboxylic acid groups (broad SMARTS) is 1. The van der Waals surface area contributed by atoms with Crippen molar-refractivity contribution in [1.82, 2.24) is 9.55 Å². The maximum atomic E-state index is 13.3. The minimum Gasteiger partial charge on any atom is -0.478 e. The number of carboxylic acids is 1. The van der Waals surface area contributed by atoms with Crippen molar-refractivity contribution in [1.29, 1.82) is 0 Å². The van der Waals surface area contributed by atoms with Crippen molar-refractivity contribution in [2.45, 2.75) is 13.3 Å². The van der Waals surface area contributed by atoms with E-state index >= 15 is 0 Å². The third-order valence-electron chi connectivity index (χ3n) is 2.69. The first-order valence-electron chi connectivity index (χ1n) is 5.85. The molecular weight excluding hydrogens is 247 g/mol. The van der Waals surface area contributed by atoms with E-state index in [-0.39, 0.29) is 0 Å². The lowest BCUT2D eigenvalue weighted by Gasteiger charge is -2.10. The Morgan fingerprint density at radius 3 is 3.00 bits per heavy atom. The molecule has 0 aliphatic heterocycles. The summed E-state index contributed by atoms with van der Waals surface area (Å²) in [6.07, 6.45) is 6.52. The van der Waals surface area contributed by atoms with Crippen molar-refractivity contribution >= 4 is 12.0 Å². The van der Waals surface area contributed by atoms with Crippen LogP contribution >= 0.6 is 0 Å². The highest BCUT2D eigenvalue weighted by molar-refractivity contribution is 5.86. The molecule has 2 rings (SSSR count). The van der Waals surface area contributed by atoms with Gasteiger partial charge in [-0.25, -0.2) is 14.2 Å². The maximum absolute atomic E-state index is 13.3. The van der Waals surface area contributed by atoms with Crippen LogP contribution in [0.3, 0.4) is 0 Å². The second-order valence-corrected chi connectivity index (χ2v) is 3.94. The smallest absolute Gasteiger partial charge is 0.328 e. The van der Waals surface area contributed by atoms with E-state index < -0.39 is 11.8 Å². The lowest BCUT2D eigenvalue weighted by molar-refractivity contribution is -0.131. The highest BCUT2D eigenvalue weighted by Gasteiger charge is 2.08. The van der Waals surface area contributed by atoms with Crippen LogP contribution in [0, 0.1) is 5.82 Å². The molecule has 0 bridgehead atoms. The quantitative estimate of drug-likeness (QED) is 0.860. The summed E-state index contributed by atoms with van der Waals surface area (Å²) >= 11 is 0. The summed E-state index contributed by atoms with van der Waals surface area (Å²) < 4.78 is 15.1. The van der Waals surface area contributed by atoms with Crippen molar-refractivity contribution < 1.29 is 14.3 Å². The molecule has 1 aromatic heterocycles. The van der Waals surface area contributed by atoms with Crippen molar-refractivity contribution in [2.24, 2.45) is 0 Å². The Morgan fingerprint density at radius 2 is 2.32 bits per heavy atom. The van der Waals surface area contributed by atoms with Gasteiger partial charge in [-0.1, -0.05) is 6.92 Å². The fourth-order valence-corrected chi connectivity index (χ4v) is 1.85. The van der Waals surface area contributed by atoms with Gasteiger partial charge in [-0.3, -0.25) is 0 Å². The molecule has 1 aromatic carbocycles. The van der Waals surface area contributed by atoms with Crippen LogP contribution in [0.1, 0.15) is 18.3 Å². The molecule has 98 valence electrons. The molecule has 5 heteroatoms. The van der Waals surface area contributed by atoms with Crippen LogP contribution in [0.2, 0.25) is 0 Å². The standard InChI is InChI=1S/C14H13FN2O2/c1-2-13-16-7-8-17(13)12-5-4-11(15)9-10(12)3-6-14(18)19/h3-9H,2H2,1H3,(H,18,19)/b6-3+. The molecule has 0 saturated heterocycles. The Balaban J connectivity index is 2.54. The van der Waals surface area contributed by atoms with E-state index in [2.05, 4.69) is 4.98 Å².